The van der Waals surface area contributed by atoms with Crippen molar-refractivity contribution in [1.82, 2.24) is 0 Å². The molecule has 1 aliphatic rings. The number of carbonyl (C=O) groups excluding carboxylic acids is 1. The van der Waals surface area contributed by atoms with Crippen molar-refractivity contribution in [3.8, 4) is 0 Å². The van der Waals surface area contributed by atoms with E-state index in [0.717, 1.165) is 4.90 Å². The molecule has 0 unspecified atom stereocenters. The van der Waals surface area contributed by atoms with Crippen molar-refractivity contribution in [3.05, 3.63) is 60.2 Å². The molecule has 4 heteroatoms. The Kier molecular flexibility index (Phi) is 6.89. The van der Waals surface area contributed by atoms with Gasteiger partial charge < -0.3 is 4.84 Å². The molecule has 0 bridgehead atoms. The van der Waals surface area contributed by atoms with E-state index < -0.39 is 0 Å². The molecule has 1 aliphatic carbocycles. The molecule has 1 saturated carbocycles. The highest BCUT2D eigenvalue weighted by molar-refractivity contribution is 7.99. The van der Waals surface area contributed by atoms with Crippen molar-refractivity contribution >= 4 is 23.3 Å². The molecule has 1 fully saturated rings. The van der Waals surface area contributed by atoms with E-state index in [0.29, 0.717) is 23.6 Å². The third kappa shape index (κ3) is 5.21. The van der Waals surface area contributed by atoms with Gasteiger partial charge in [0.05, 0.1) is 0 Å². The predicted molar refractivity (Wildman–Crippen MR) is 107 cm³/mol. The number of rotatable bonds is 7. The van der Waals surface area contributed by atoms with Crippen LogP contribution in [0.15, 0.2) is 69.5 Å². The molecule has 26 heavy (non-hydrogen) atoms. The van der Waals surface area contributed by atoms with Gasteiger partial charge >= 0.3 is 0 Å². The molecule has 0 radical (unpaired) electrons. The summed E-state index contributed by atoms with van der Waals surface area (Å²) in [4.78, 5) is 20.1. The van der Waals surface area contributed by atoms with Crippen LogP contribution in [0.1, 0.15) is 48.9 Å². The first-order chi connectivity index (χ1) is 12.8. The minimum atomic E-state index is -0.0197. The number of nitrogens with zero attached hydrogens (tertiary/aromatic N) is 1. The topological polar surface area (TPSA) is 38.7 Å². The maximum absolute atomic E-state index is 12.9. The van der Waals surface area contributed by atoms with E-state index >= 15 is 0 Å². The lowest BCUT2D eigenvalue weighted by Gasteiger charge is -2.21. The quantitative estimate of drug-likeness (QED) is 0.342. The lowest BCUT2D eigenvalue weighted by molar-refractivity contribution is 0.105. The summed E-state index contributed by atoms with van der Waals surface area (Å²) < 4.78 is 0. The van der Waals surface area contributed by atoms with Crippen LogP contribution in [-0.2, 0) is 4.84 Å². The van der Waals surface area contributed by atoms with Crippen LogP contribution in [0, 0.1) is 5.92 Å². The van der Waals surface area contributed by atoms with Gasteiger partial charge in [0.2, 0.25) is 5.78 Å². The van der Waals surface area contributed by atoms with Gasteiger partial charge in [0.15, 0.2) is 0 Å². The average Bonchev–Trinajstić information content (AvgIpc) is 2.69. The number of hydrogen-bond acceptors (Lipinski definition) is 4. The Labute approximate surface area is 159 Å². The Balaban J connectivity index is 1.67. The molecule has 3 nitrogen and oxygen atoms in total. The summed E-state index contributed by atoms with van der Waals surface area (Å²) in [6.07, 6.45) is 6.90. The first-order valence-corrected chi connectivity index (χ1v) is 10.1. The minimum absolute atomic E-state index is 0.0197. The minimum Gasteiger partial charge on any atom is -0.399 e. The fraction of sp³-hybridized carbons (Fsp3) is 0.364. The first-order valence-electron chi connectivity index (χ1n) is 9.24. The van der Waals surface area contributed by atoms with Gasteiger partial charge in [-0.1, -0.05) is 67.2 Å². The monoisotopic (exact) mass is 367 g/mol. The second kappa shape index (κ2) is 9.58. The SMILES string of the molecule is CO/N=C(/CC1CCCCC1)C(=O)c1ccc(Sc2ccccc2)cc1. The number of oxime groups is 1. The van der Waals surface area contributed by atoms with Crippen molar-refractivity contribution < 1.29 is 9.63 Å². The van der Waals surface area contributed by atoms with Crippen LogP contribution in [0.3, 0.4) is 0 Å². The van der Waals surface area contributed by atoms with E-state index in [-0.39, 0.29) is 5.78 Å². The number of benzene rings is 2. The summed E-state index contributed by atoms with van der Waals surface area (Å²) in [6.45, 7) is 0. The molecule has 0 spiro atoms. The number of carbonyl (C=O) groups is 1. The van der Waals surface area contributed by atoms with Crippen molar-refractivity contribution in [2.45, 2.75) is 48.3 Å². The van der Waals surface area contributed by atoms with Gasteiger partial charge in [0, 0.05) is 15.4 Å². The zero-order valence-corrected chi connectivity index (χ0v) is 16.0. The highest BCUT2D eigenvalue weighted by atomic mass is 32.2. The van der Waals surface area contributed by atoms with E-state index in [1.54, 1.807) is 11.8 Å². The van der Waals surface area contributed by atoms with Gasteiger partial charge in [-0.25, -0.2) is 0 Å². The maximum Gasteiger partial charge on any atom is 0.210 e. The molecule has 0 heterocycles. The Hall–Kier alpha value is -2.07. The zero-order valence-electron chi connectivity index (χ0n) is 15.2. The summed E-state index contributed by atoms with van der Waals surface area (Å²) in [5.74, 6) is 0.531. The van der Waals surface area contributed by atoms with E-state index in [1.807, 2.05) is 42.5 Å². The van der Waals surface area contributed by atoms with Gasteiger partial charge in [-0.15, -0.1) is 0 Å². The smallest absolute Gasteiger partial charge is 0.210 e. The molecule has 136 valence electrons. The lowest BCUT2D eigenvalue weighted by Crippen LogP contribution is -2.20. The largest absolute Gasteiger partial charge is 0.399 e. The summed E-state index contributed by atoms with van der Waals surface area (Å²) in [5, 5.41) is 4.05. The standard InChI is InChI=1S/C22H25NO2S/c1-25-23-21(16-17-8-4-2-5-9-17)22(24)18-12-14-20(15-13-18)26-19-10-6-3-7-11-19/h3,6-7,10-15,17H,2,4-5,8-9,16H2,1H3/b23-21-. The van der Waals surface area contributed by atoms with Crippen molar-refractivity contribution in [2.24, 2.45) is 11.1 Å². The highest BCUT2D eigenvalue weighted by Crippen LogP contribution is 2.29. The molecule has 0 aliphatic heterocycles. The normalized spacial score (nSPS) is 15.7. The average molecular weight is 368 g/mol. The van der Waals surface area contributed by atoms with E-state index in [9.17, 15) is 4.79 Å². The fourth-order valence-electron chi connectivity index (χ4n) is 3.41. The van der Waals surface area contributed by atoms with Crippen LogP contribution >= 0.6 is 11.8 Å². The third-order valence-corrected chi connectivity index (χ3v) is 5.78. The van der Waals surface area contributed by atoms with Gasteiger partial charge in [-0.3, -0.25) is 4.79 Å². The molecule has 2 aromatic rings. The highest BCUT2D eigenvalue weighted by Gasteiger charge is 2.22. The summed E-state index contributed by atoms with van der Waals surface area (Å²) in [5.41, 5.74) is 1.22. The van der Waals surface area contributed by atoms with Crippen LogP contribution < -0.4 is 0 Å². The first kappa shape index (κ1) is 18.7. The fourth-order valence-corrected chi connectivity index (χ4v) is 4.25. The van der Waals surface area contributed by atoms with Gasteiger partial charge in [-0.05, 0) is 48.7 Å². The van der Waals surface area contributed by atoms with Crippen molar-refractivity contribution in [1.29, 1.82) is 0 Å². The molecule has 0 N–H and O–H groups in total. The molecule has 0 amide bonds. The number of Topliss-reactive ketones (excluding diaryl/α,β-unsaturated/α-hetero) is 1. The Morgan fingerprint density at radius 2 is 1.65 bits per heavy atom. The Bertz CT molecular complexity index is 734. The van der Waals surface area contributed by atoms with Gasteiger partial charge in [0.1, 0.15) is 12.8 Å². The summed E-state index contributed by atoms with van der Waals surface area (Å²) in [6, 6.07) is 18.0. The summed E-state index contributed by atoms with van der Waals surface area (Å²) >= 11 is 1.69. The second-order valence-electron chi connectivity index (χ2n) is 6.70. The van der Waals surface area contributed by atoms with Crippen LogP contribution in [-0.4, -0.2) is 18.6 Å². The van der Waals surface area contributed by atoms with Crippen LogP contribution in [0.5, 0.6) is 0 Å². The molecule has 0 aromatic heterocycles. The van der Waals surface area contributed by atoms with Gasteiger partial charge in [0.25, 0.3) is 0 Å². The lowest BCUT2D eigenvalue weighted by atomic mass is 9.84. The molecule has 2 aromatic carbocycles. The zero-order chi connectivity index (χ0) is 18.2. The van der Waals surface area contributed by atoms with Crippen LogP contribution in [0.4, 0.5) is 0 Å². The molecular weight excluding hydrogens is 342 g/mol. The predicted octanol–water partition coefficient (Wildman–Crippen LogP) is 5.99. The van der Waals surface area contributed by atoms with E-state index in [4.69, 9.17) is 4.84 Å². The van der Waals surface area contributed by atoms with Crippen LogP contribution in [0.25, 0.3) is 0 Å². The Morgan fingerprint density at radius 3 is 2.31 bits per heavy atom. The number of ketones is 1. The Morgan fingerprint density at radius 1 is 1.00 bits per heavy atom. The third-order valence-electron chi connectivity index (χ3n) is 4.77. The molecular formula is C22H25NO2S. The number of hydrogen-bond donors (Lipinski definition) is 0. The molecule has 0 atom stereocenters. The molecule has 0 saturated heterocycles. The van der Waals surface area contributed by atoms with E-state index in [1.165, 1.54) is 44.1 Å². The molecule has 3 rings (SSSR count). The van der Waals surface area contributed by atoms with Crippen LogP contribution in [0.2, 0.25) is 0 Å². The summed E-state index contributed by atoms with van der Waals surface area (Å²) in [7, 11) is 1.51. The van der Waals surface area contributed by atoms with Gasteiger partial charge in [-0.2, -0.15) is 0 Å². The van der Waals surface area contributed by atoms with E-state index in [2.05, 4.69) is 17.3 Å². The van der Waals surface area contributed by atoms with Crippen molar-refractivity contribution in [3.63, 3.8) is 0 Å². The second-order valence-corrected chi connectivity index (χ2v) is 7.84. The van der Waals surface area contributed by atoms with Crippen molar-refractivity contribution in [2.75, 3.05) is 7.11 Å². The maximum atomic E-state index is 12.9.